The first-order chi connectivity index (χ1) is 13.9. The first-order valence-electron chi connectivity index (χ1n) is 9.34. The van der Waals surface area contributed by atoms with Crippen LogP contribution in [-0.2, 0) is 20.9 Å². The number of amides is 1. The van der Waals surface area contributed by atoms with Crippen LogP contribution in [0.2, 0.25) is 0 Å². The Hall–Kier alpha value is -2.88. The van der Waals surface area contributed by atoms with Crippen LogP contribution in [0.25, 0.3) is 16.7 Å². The Balaban J connectivity index is 1.90. The number of nitrogens with zero attached hydrogens (tertiary/aromatic N) is 4. The SMILES string of the molecule is CCOC(=O)CNC(=O)CSc1nnc2n(CC(C)C)c(=O)c3ccccc3n12. The average Bonchev–Trinajstić information content (AvgIpc) is 3.12. The molecule has 0 fully saturated rings. The minimum absolute atomic E-state index is 0.0534. The van der Waals surface area contributed by atoms with Gasteiger partial charge in [0, 0.05) is 6.54 Å². The highest BCUT2D eigenvalue weighted by molar-refractivity contribution is 7.99. The van der Waals surface area contributed by atoms with E-state index in [0.717, 1.165) is 0 Å². The van der Waals surface area contributed by atoms with Crippen molar-refractivity contribution in [3.8, 4) is 0 Å². The number of thioether (sulfide) groups is 1. The van der Waals surface area contributed by atoms with Crippen molar-refractivity contribution in [2.45, 2.75) is 32.5 Å². The largest absolute Gasteiger partial charge is 0.465 e. The van der Waals surface area contributed by atoms with E-state index < -0.39 is 5.97 Å². The molecule has 0 bridgehead atoms. The first kappa shape index (κ1) is 20.8. The van der Waals surface area contributed by atoms with Gasteiger partial charge in [0.25, 0.3) is 5.56 Å². The minimum atomic E-state index is -0.484. The molecule has 2 heterocycles. The molecule has 2 aromatic heterocycles. The third kappa shape index (κ3) is 4.58. The lowest BCUT2D eigenvalue weighted by Crippen LogP contribution is -2.31. The molecule has 10 heteroatoms. The molecule has 0 aliphatic heterocycles. The summed E-state index contributed by atoms with van der Waals surface area (Å²) < 4.78 is 8.20. The normalized spacial score (nSPS) is 11.3. The number of hydrogen-bond donors (Lipinski definition) is 1. The van der Waals surface area contributed by atoms with Gasteiger partial charge in [0.15, 0.2) is 5.16 Å². The summed E-state index contributed by atoms with van der Waals surface area (Å²) in [6.45, 7) is 6.35. The summed E-state index contributed by atoms with van der Waals surface area (Å²) >= 11 is 1.19. The number of aromatic nitrogens is 4. The van der Waals surface area contributed by atoms with Gasteiger partial charge in [-0.3, -0.25) is 23.4 Å². The third-order valence-electron chi connectivity index (χ3n) is 4.09. The molecule has 1 aromatic carbocycles. The molecule has 3 aromatic rings. The van der Waals surface area contributed by atoms with Crippen LogP contribution in [0.1, 0.15) is 20.8 Å². The summed E-state index contributed by atoms with van der Waals surface area (Å²) in [4.78, 5) is 36.3. The van der Waals surface area contributed by atoms with Crippen LogP contribution < -0.4 is 10.9 Å². The lowest BCUT2D eigenvalue weighted by Gasteiger charge is -2.12. The Kier molecular flexibility index (Phi) is 6.53. The number of ether oxygens (including phenoxy) is 1. The molecule has 0 spiro atoms. The monoisotopic (exact) mass is 417 g/mol. The van der Waals surface area contributed by atoms with Crippen LogP contribution in [0.5, 0.6) is 0 Å². The van der Waals surface area contributed by atoms with Gasteiger partial charge >= 0.3 is 5.97 Å². The van der Waals surface area contributed by atoms with Crippen LogP contribution in [0.15, 0.2) is 34.2 Å². The molecule has 1 N–H and O–H groups in total. The Morgan fingerprint density at radius 2 is 2.00 bits per heavy atom. The van der Waals surface area contributed by atoms with Gasteiger partial charge in [-0.1, -0.05) is 37.7 Å². The van der Waals surface area contributed by atoms with Gasteiger partial charge in [-0.2, -0.15) is 0 Å². The van der Waals surface area contributed by atoms with Crippen LogP contribution >= 0.6 is 11.8 Å². The highest BCUT2D eigenvalue weighted by Crippen LogP contribution is 2.21. The number of esters is 1. The molecular weight excluding hydrogens is 394 g/mol. The molecule has 0 radical (unpaired) electrons. The second kappa shape index (κ2) is 9.08. The number of carbonyl (C=O) groups is 2. The molecule has 0 saturated carbocycles. The minimum Gasteiger partial charge on any atom is -0.465 e. The van der Waals surface area contributed by atoms with Crippen molar-refractivity contribution < 1.29 is 14.3 Å². The average molecular weight is 417 g/mol. The Bertz CT molecular complexity index is 1110. The van der Waals surface area contributed by atoms with E-state index in [1.165, 1.54) is 11.8 Å². The van der Waals surface area contributed by atoms with Gasteiger partial charge in [0.2, 0.25) is 11.7 Å². The number of hydrogen-bond acceptors (Lipinski definition) is 7. The summed E-state index contributed by atoms with van der Waals surface area (Å²) in [5.41, 5.74) is 0.574. The van der Waals surface area contributed by atoms with E-state index in [0.29, 0.717) is 28.4 Å². The van der Waals surface area contributed by atoms with Gasteiger partial charge in [-0.25, -0.2) is 0 Å². The summed E-state index contributed by atoms with van der Waals surface area (Å²) in [5.74, 6) is -0.0595. The standard InChI is InChI=1S/C19H23N5O4S/c1-4-28-16(26)9-20-15(25)11-29-19-22-21-18-23(10-12(2)3)17(27)13-7-5-6-8-14(13)24(18)19/h5-8,12H,4,9-11H2,1-3H3,(H,20,25). The Morgan fingerprint density at radius 1 is 1.24 bits per heavy atom. The van der Waals surface area contributed by atoms with Gasteiger partial charge in [-0.05, 0) is 25.0 Å². The fraction of sp³-hybridized carbons (Fsp3) is 0.421. The van der Waals surface area contributed by atoms with E-state index >= 15 is 0 Å². The zero-order valence-electron chi connectivity index (χ0n) is 16.5. The van der Waals surface area contributed by atoms with E-state index in [1.807, 2.05) is 32.0 Å². The fourth-order valence-electron chi connectivity index (χ4n) is 2.92. The molecular formula is C19H23N5O4S. The quantitative estimate of drug-likeness (QED) is 0.437. The van der Waals surface area contributed by atoms with Gasteiger partial charge in [-0.15, -0.1) is 10.2 Å². The van der Waals surface area contributed by atoms with E-state index in [4.69, 9.17) is 4.74 Å². The van der Waals surface area contributed by atoms with Crippen LogP contribution in [0.4, 0.5) is 0 Å². The van der Waals surface area contributed by atoms with Crippen molar-refractivity contribution in [1.82, 2.24) is 24.5 Å². The Labute approximate surface area is 171 Å². The maximum absolute atomic E-state index is 12.9. The second-order valence-corrected chi connectivity index (χ2v) is 7.76. The predicted molar refractivity (Wildman–Crippen MR) is 110 cm³/mol. The van der Waals surface area contributed by atoms with E-state index in [2.05, 4.69) is 15.5 Å². The molecule has 0 unspecified atom stereocenters. The van der Waals surface area contributed by atoms with Crippen molar-refractivity contribution in [3.05, 3.63) is 34.6 Å². The molecule has 0 aliphatic carbocycles. The smallest absolute Gasteiger partial charge is 0.325 e. The maximum Gasteiger partial charge on any atom is 0.325 e. The number of carbonyl (C=O) groups excluding carboxylic acids is 2. The highest BCUT2D eigenvalue weighted by atomic mass is 32.2. The number of nitrogens with one attached hydrogen (secondary N) is 1. The lowest BCUT2D eigenvalue weighted by molar-refractivity contribution is -0.143. The predicted octanol–water partition coefficient (Wildman–Crippen LogP) is 1.47. The van der Waals surface area contributed by atoms with Crippen molar-refractivity contribution in [3.63, 3.8) is 0 Å². The highest BCUT2D eigenvalue weighted by Gasteiger charge is 2.18. The number of para-hydroxylation sites is 1. The number of benzene rings is 1. The summed E-state index contributed by atoms with van der Waals surface area (Å²) in [5, 5.41) is 12.0. The number of fused-ring (bicyclic) bond motifs is 3. The van der Waals surface area contributed by atoms with Gasteiger partial charge < -0.3 is 10.1 Å². The lowest BCUT2D eigenvalue weighted by atomic mass is 10.2. The Morgan fingerprint density at radius 3 is 2.72 bits per heavy atom. The fourth-order valence-corrected chi connectivity index (χ4v) is 3.69. The molecule has 154 valence electrons. The summed E-state index contributed by atoms with van der Waals surface area (Å²) in [6, 6.07) is 7.26. The molecule has 0 aliphatic rings. The van der Waals surface area contributed by atoms with Gasteiger partial charge in [0.1, 0.15) is 6.54 Å². The zero-order chi connectivity index (χ0) is 21.0. The molecule has 29 heavy (non-hydrogen) atoms. The van der Waals surface area contributed by atoms with Crippen molar-refractivity contribution in [1.29, 1.82) is 0 Å². The zero-order valence-corrected chi connectivity index (χ0v) is 17.4. The van der Waals surface area contributed by atoms with E-state index in [-0.39, 0.29) is 36.3 Å². The second-order valence-electron chi connectivity index (χ2n) is 6.82. The molecule has 0 saturated heterocycles. The molecule has 0 atom stereocenters. The van der Waals surface area contributed by atoms with Crippen LogP contribution in [0.3, 0.4) is 0 Å². The molecule has 1 amide bonds. The van der Waals surface area contributed by atoms with Crippen LogP contribution in [-0.4, -0.2) is 49.9 Å². The van der Waals surface area contributed by atoms with E-state index in [9.17, 15) is 14.4 Å². The van der Waals surface area contributed by atoms with Gasteiger partial charge in [0.05, 0.1) is 23.3 Å². The van der Waals surface area contributed by atoms with Crippen LogP contribution in [0, 0.1) is 5.92 Å². The maximum atomic E-state index is 12.9. The number of rotatable bonds is 8. The summed E-state index contributed by atoms with van der Waals surface area (Å²) in [6.07, 6.45) is 0. The summed E-state index contributed by atoms with van der Waals surface area (Å²) in [7, 11) is 0. The molecule has 3 rings (SSSR count). The van der Waals surface area contributed by atoms with Crippen molar-refractivity contribution >= 4 is 40.3 Å². The first-order valence-corrected chi connectivity index (χ1v) is 10.3. The van der Waals surface area contributed by atoms with Crippen molar-refractivity contribution in [2.24, 2.45) is 5.92 Å². The third-order valence-corrected chi connectivity index (χ3v) is 5.02. The topological polar surface area (TPSA) is 108 Å². The van der Waals surface area contributed by atoms with Crippen molar-refractivity contribution in [2.75, 3.05) is 18.9 Å². The molecule has 9 nitrogen and oxygen atoms in total. The van der Waals surface area contributed by atoms with E-state index in [1.54, 1.807) is 22.0 Å².